The first-order chi connectivity index (χ1) is 11.0. The first-order valence-corrected chi connectivity index (χ1v) is 8.11. The van der Waals surface area contributed by atoms with Crippen molar-refractivity contribution in [3.63, 3.8) is 0 Å². The van der Waals surface area contributed by atoms with E-state index >= 15 is 0 Å². The number of benzene rings is 1. The van der Waals surface area contributed by atoms with Gasteiger partial charge in [-0.3, -0.25) is 9.59 Å². The summed E-state index contributed by atoms with van der Waals surface area (Å²) in [5.41, 5.74) is 0.636. The second kappa shape index (κ2) is 6.62. The molecule has 1 unspecified atom stereocenters. The highest BCUT2D eigenvalue weighted by atomic mass is 35.5. The number of nitrogens with zero attached hydrogens (tertiary/aromatic N) is 1. The van der Waals surface area contributed by atoms with Gasteiger partial charge in [0.05, 0.1) is 0 Å². The van der Waals surface area contributed by atoms with Crippen LogP contribution in [0.3, 0.4) is 0 Å². The molecule has 0 aliphatic carbocycles. The lowest BCUT2D eigenvalue weighted by molar-refractivity contribution is -0.137. The Morgan fingerprint density at radius 3 is 2.96 bits per heavy atom. The van der Waals surface area contributed by atoms with Gasteiger partial charge in [0.2, 0.25) is 0 Å². The van der Waals surface area contributed by atoms with Crippen LogP contribution in [-0.4, -0.2) is 35.0 Å². The molecule has 1 N–H and O–H groups in total. The molecule has 2 aromatic rings. The lowest BCUT2D eigenvalue weighted by Gasteiger charge is -2.32. The number of halogens is 1. The molecule has 1 amide bonds. The number of carboxylic acids is 1. The molecule has 6 heteroatoms. The summed E-state index contributed by atoms with van der Waals surface area (Å²) < 4.78 is 5.63. The number of rotatable bonds is 4. The van der Waals surface area contributed by atoms with Crippen molar-refractivity contribution in [3.8, 4) is 0 Å². The molecule has 1 fully saturated rings. The predicted octanol–water partition coefficient (Wildman–Crippen LogP) is 3.80. The Balaban J connectivity index is 1.71. The number of likely N-dealkylation sites (tertiary alicyclic amines) is 1. The molecule has 23 heavy (non-hydrogen) atoms. The van der Waals surface area contributed by atoms with Gasteiger partial charge in [0, 0.05) is 29.9 Å². The maximum atomic E-state index is 12.6. The monoisotopic (exact) mass is 335 g/mol. The zero-order valence-electron chi connectivity index (χ0n) is 12.6. The number of fused-ring (bicyclic) bond motifs is 1. The third-order valence-corrected chi connectivity index (χ3v) is 4.50. The molecule has 0 radical (unpaired) electrons. The van der Waals surface area contributed by atoms with Crippen LogP contribution in [-0.2, 0) is 4.79 Å². The van der Waals surface area contributed by atoms with Gasteiger partial charge in [0.15, 0.2) is 5.76 Å². The number of aliphatic carboxylic acids is 1. The highest BCUT2D eigenvalue weighted by Crippen LogP contribution is 2.26. The summed E-state index contributed by atoms with van der Waals surface area (Å²) in [4.78, 5) is 25.1. The SMILES string of the molecule is O=C(O)CCC1CCCN(C(=O)c2cc3cc(Cl)ccc3o2)C1. The largest absolute Gasteiger partial charge is 0.481 e. The van der Waals surface area contributed by atoms with Gasteiger partial charge in [-0.05, 0) is 49.4 Å². The van der Waals surface area contributed by atoms with Crippen molar-refractivity contribution in [2.75, 3.05) is 13.1 Å². The van der Waals surface area contributed by atoms with Gasteiger partial charge in [0.1, 0.15) is 5.58 Å². The predicted molar refractivity (Wildman–Crippen MR) is 86.7 cm³/mol. The molecule has 1 aliphatic rings. The van der Waals surface area contributed by atoms with E-state index in [1.807, 2.05) is 0 Å². The number of amides is 1. The topological polar surface area (TPSA) is 70.8 Å². The Morgan fingerprint density at radius 2 is 2.17 bits per heavy atom. The van der Waals surface area contributed by atoms with Crippen LogP contribution >= 0.6 is 11.6 Å². The van der Waals surface area contributed by atoms with E-state index in [4.69, 9.17) is 21.1 Å². The average Bonchev–Trinajstić information content (AvgIpc) is 2.95. The normalized spacial score (nSPS) is 18.3. The smallest absolute Gasteiger partial charge is 0.303 e. The van der Waals surface area contributed by atoms with Crippen molar-refractivity contribution in [1.82, 2.24) is 4.90 Å². The Morgan fingerprint density at radius 1 is 1.35 bits per heavy atom. The first-order valence-electron chi connectivity index (χ1n) is 7.73. The molecule has 0 spiro atoms. The van der Waals surface area contributed by atoms with Crippen LogP contribution in [0.5, 0.6) is 0 Å². The highest BCUT2D eigenvalue weighted by molar-refractivity contribution is 6.31. The fraction of sp³-hybridized carbons (Fsp3) is 0.412. The maximum absolute atomic E-state index is 12.6. The fourth-order valence-electron chi connectivity index (χ4n) is 3.09. The molecule has 0 bridgehead atoms. The summed E-state index contributed by atoms with van der Waals surface area (Å²) in [6, 6.07) is 6.96. The lowest BCUT2D eigenvalue weighted by atomic mass is 9.93. The van der Waals surface area contributed by atoms with Gasteiger partial charge in [-0.1, -0.05) is 11.6 Å². The van der Waals surface area contributed by atoms with Crippen LogP contribution in [0.1, 0.15) is 36.2 Å². The van der Waals surface area contributed by atoms with Crippen LogP contribution in [0.25, 0.3) is 11.0 Å². The zero-order chi connectivity index (χ0) is 16.4. The molecule has 2 heterocycles. The summed E-state index contributed by atoms with van der Waals surface area (Å²) in [5, 5.41) is 10.2. The van der Waals surface area contributed by atoms with Gasteiger partial charge in [-0.2, -0.15) is 0 Å². The van der Waals surface area contributed by atoms with E-state index in [9.17, 15) is 9.59 Å². The summed E-state index contributed by atoms with van der Waals surface area (Å²) in [7, 11) is 0. The Hall–Kier alpha value is -2.01. The van der Waals surface area contributed by atoms with Crippen LogP contribution in [0.15, 0.2) is 28.7 Å². The van der Waals surface area contributed by atoms with Crippen molar-refractivity contribution in [2.24, 2.45) is 5.92 Å². The molecule has 1 aromatic carbocycles. The van der Waals surface area contributed by atoms with Gasteiger partial charge in [-0.15, -0.1) is 0 Å². The quantitative estimate of drug-likeness (QED) is 0.922. The van der Waals surface area contributed by atoms with E-state index in [0.29, 0.717) is 35.9 Å². The number of carbonyl (C=O) groups is 2. The standard InChI is InChI=1S/C17H18ClNO4/c18-13-4-5-14-12(8-13)9-15(23-14)17(22)19-7-1-2-11(10-19)3-6-16(20)21/h4-5,8-9,11H,1-3,6-7,10H2,(H,20,21). The Labute approximate surface area is 138 Å². The number of carbonyl (C=O) groups excluding carboxylic acids is 1. The van der Waals surface area contributed by atoms with Gasteiger partial charge in [0.25, 0.3) is 5.91 Å². The number of hydrogen-bond donors (Lipinski definition) is 1. The van der Waals surface area contributed by atoms with Crippen molar-refractivity contribution < 1.29 is 19.1 Å². The summed E-state index contributed by atoms with van der Waals surface area (Å²) >= 11 is 5.95. The van der Waals surface area contributed by atoms with Crippen molar-refractivity contribution in [1.29, 1.82) is 0 Å². The molecule has 1 aromatic heterocycles. The van der Waals surface area contributed by atoms with E-state index in [1.54, 1.807) is 29.2 Å². The van der Waals surface area contributed by atoms with Gasteiger partial charge >= 0.3 is 5.97 Å². The van der Waals surface area contributed by atoms with Gasteiger partial charge in [-0.25, -0.2) is 0 Å². The van der Waals surface area contributed by atoms with Crippen LogP contribution in [0.2, 0.25) is 5.02 Å². The van der Waals surface area contributed by atoms with Crippen LogP contribution in [0, 0.1) is 5.92 Å². The molecule has 1 atom stereocenters. The maximum Gasteiger partial charge on any atom is 0.303 e. The number of hydrogen-bond acceptors (Lipinski definition) is 3. The van der Waals surface area contributed by atoms with E-state index in [1.165, 1.54) is 0 Å². The van der Waals surface area contributed by atoms with Crippen molar-refractivity contribution >= 4 is 34.4 Å². The number of piperidine rings is 1. The summed E-state index contributed by atoms with van der Waals surface area (Å²) in [6.07, 6.45) is 2.61. The summed E-state index contributed by atoms with van der Waals surface area (Å²) in [5.74, 6) is -0.385. The Bertz CT molecular complexity index is 739. The number of carboxylic acid groups (broad SMARTS) is 1. The molecule has 1 saturated heterocycles. The minimum Gasteiger partial charge on any atom is -0.481 e. The molecule has 5 nitrogen and oxygen atoms in total. The van der Waals surface area contributed by atoms with E-state index in [0.717, 1.165) is 18.2 Å². The fourth-order valence-corrected chi connectivity index (χ4v) is 3.27. The van der Waals surface area contributed by atoms with Crippen LogP contribution in [0.4, 0.5) is 0 Å². The second-order valence-electron chi connectivity index (χ2n) is 5.98. The first kappa shape index (κ1) is 15.9. The average molecular weight is 336 g/mol. The molecular formula is C17H18ClNO4. The molecule has 3 rings (SSSR count). The summed E-state index contributed by atoms with van der Waals surface area (Å²) in [6.45, 7) is 1.27. The van der Waals surface area contributed by atoms with Crippen LogP contribution < -0.4 is 0 Å². The van der Waals surface area contributed by atoms with Crippen molar-refractivity contribution in [2.45, 2.75) is 25.7 Å². The molecule has 122 valence electrons. The van der Waals surface area contributed by atoms with Crippen molar-refractivity contribution in [3.05, 3.63) is 35.0 Å². The second-order valence-corrected chi connectivity index (χ2v) is 6.42. The molecule has 1 aliphatic heterocycles. The lowest BCUT2D eigenvalue weighted by Crippen LogP contribution is -2.39. The van der Waals surface area contributed by atoms with Gasteiger partial charge < -0.3 is 14.4 Å². The van der Waals surface area contributed by atoms with E-state index < -0.39 is 5.97 Å². The molecular weight excluding hydrogens is 318 g/mol. The zero-order valence-corrected chi connectivity index (χ0v) is 13.4. The van der Waals surface area contributed by atoms with E-state index in [-0.39, 0.29) is 18.2 Å². The van der Waals surface area contributed by atoms with E-state index in [2.05, 4.69) is 0 Å². The Kier molecular flexibility index (Phi) is 4.57. The minimum absolute atomic E-state index is 0.141. The minimum atomic E-state index is -0.789. The highest BCUT2D eigenvalue weighted by Gasteiger charge is 2.26. The number of furan rings is 1. The molecule has 0 saturated carbocycles. The third kappa shape index (κ3) is 3.67. The third-order valence-electron chi connectivity index (χ3n) is 4.26.